The number of hydrogen-bond acceptors (Lipinski definition) is 2. The number of hydrogen-bond donors (Lipinski definition) is 1. The minimum atomic E-state index is 0.246. The summed E-state index contributed by atoms with van der Waals surface area (Å²) in [5.41, 5.74) is 6.06. The van der Waals surface area contributed by atoms with Gasteiger partial charge in [0.05, 0.1) is 0 Å². The van der Waals surface area contributed by atoms with Crippen molar-refractivity contribution in [2.75, 3.05) is 20.1 Å². The number of rotatable bonds is 6. The second-order valence-corrected chi connectivity index (χ2v) is 3.56. The van der Waals surface area contributed by atoms with Crippen LogP contribution in [-0.4, -0.2) is 30.6 Å². The zero-order valence-electron chi connectivity index (χ0n) is 9.06. The van der Waals surface area contributed by atoms with E-state index in [4.69, 9.17) is 5.73 Å². The highest BCUT2D eigenvalue weighted by Gasteiger charge is 2.28. The lowest BCUT2D eigenvalue weighted by Gasteiger charge is -2.40. The van der Waals surface area contributed by atoms with E-state index in [1.54, 1.807) is 0 Å². The van der Waals surface area contributed by atoms with Gasteiger partial charge in [-0.15, -0.1) is 0 Å². The van der Waals surface area contributed by atoms with E-state index in [9.17, 15) is 0 Å². The van der Waals surface area contributed by atoms with Crippen molar-refractivity contribution in [2.24, 2.45) is 5.73 Å². The molecule has 74 valence electrons. The van der Waals surface area contributed by atoms with Crippen LogP contribution in [0.1, 0.15) is 40.0 Å². The SMILES string of the molecule is CCCN(C)C(CC)(CC)CN. The van der Waals surface area contributed by atoms with E-state index in [-0.39, 0.29) is 5.54 Å². The fraction of sp³-hybridized carbons (Fsp3) is 1.00. The van der Waals surface area contributed by atoms with Crippen LogP contribution >= 0.6 is 0 Å². The molecule has 0 fully saturated rings. The summed E-state index contributed by atoms with van der Waals surface area (Å²) < 4.78 is 0. The van der Waals surface area contributed by atoms with Gasteiger partial charge in [0, 0.05) is 12.1 Å². The van der Waals surface area contributed by atoms with Gasteiger partial charge in [0.2, 0.25) is 0 Å². The van der Waals surface area contributed by atoms with Crippen molar-refractivity contribution in [3.8, 4) is 0 Å². The molecule has 2 N–H and O–H groups in total. The molecule has 0 aliphatic rings. The number of likely N-dealkylation sites (N-methyl/N-ethyl adjacent to an activating group) is 1. The van der Waals surface area contributed by atoms with Crippen LogP contribution in [0.4, 0.5) is 0 Å². The zero-order valence-corrected chi connectivity index (χ0v) is 9.06. The standard InChI is InChI=1S/C10H24N2/c1-5-8-12(4)10(6-2,7-3)9-11/h5-9,11H2,1-4H3. The summed E-state index contributed by atoms with van der Waals surface area (Å²) in [6.07, 6.45) is 3.51. The fourth-order valence-electron chi connectivity index (χ4n) is 1.81. The first-order chi connectivity index (χ1) is 5.66. The van der Waals surface area contributed by atoms with Crippen LogP contribution in [0.2, 0.25) is 0 Å². The molecule has 0 saturated heterocycles. The molecule has 0 aromatic carbocycles. The molecule has 0 aromatic rings. The van der Waals surface area contributed by atoms with Crippen LogP contribution < -0.4 is 5.73 Å². The fourth-order valence-corrected chi connectivity index (χ4v) is 1.81. The Morgan fingerprint density at radius 2 is 1.67 bits per heavy atom. The smallest absolute Gasteiger partial charge is 0.0323 e. The Morgan fingerprint density at radius 1 is 1.17 bits per heavy atom. The number of nitrogens with zero attached hydrogens (tertiary/aromatic N) is 1. The first kappa shape index (κ1) is 11.9. The van der Waals surface area contributed by atoms with E-state index < -0.39 is 0 Å². The third kappa shape index (κ3) is 2.46. The minimum absolute atomic E-state index is 0.246. The van der Waals surface area contributed by atoms with Crippen molar-refractivity contribution in [2.45, 2.75) is 45.6 Å². The molecule has 0 spiro atoms. The molecular formula is C10H24N2. The van der Waals surface area contributed by atoms with Crippen molar-refractivity contribution in [3.05, 3.63) is 0 Å². The Balaban J connectivity index is 4.24. The van der Waals surface area contributed by atoms with E-state index >= 15 is 0 Å². The Morgan fingerprint density at radius 3 is 1.92 bits per heavy atom. The van der Waals surface area contributed by atoms with Crippen molar-refractivity contribution < 1.29 is 0 Å². The first-order valence-electron chi connectivity index (χ1n) is 5.08. The molecule has 0 aromatic heterocycles. The third-order valence-electron chi connectivity index (χ3n) is 3.06. The maximum atomic E-state index is 5.82. The first-order valence-corrected chi connectivity index (χ1v) is 5.08. The third-order valence-corrected chi connectivity index (χ3v) is 3.06. The van der Waals surface area contributed by atoms with E-state index in [0.717, 1.165) is 25.9 Å². The normalized spacial score (nSPS) is 12.5. The average molecular weight is 172 g/mol. The van der Waals surface area contributed by atoms with Crippen molar-refractivity contribution in [3.63, 3.8) is 0 Å². The Hall–Kier alpha value is -0.0800. The van der Waals surface area contributed by atoms with Crippen LogP contribution in [0.3, 0.4) is 0 Å². The summed E-state index contributed by atoms with van der Waals surface area (Å²) in [5, 5.41) is 0. The summed E-state index contributed by atoms with van der Waals surface area (Å²) in [5.74, 6) is 0. The van der Waals surface area contributed by atoms with Crippen LogP contribution in [0.15, 0.2) is 0 Å². The van der Waals surface area contributed by atoms with Gasteiger partial charge in [0.15, 0.2) is 0 Å². The quantitative estimate of drug-likeness (QED) is 0.662. The minimum Gasteiger partial charge on any atom is -0.329 e. The van der Waals surface area contributed by atoms with Gasteiger partial charge in [-0.1, -0.05) is 20.8 Å². The van der Waals surface area contributed by atoms with Gasteiger partial charge in [-0.05, 0) is 32.9 Å². The van der Waals surface area contributed by atoms with E-state index in [2.05, 4.69) is 32.7 Å². The zero-order chi connectivity index (χ0) is 9.61. The van der Waals surface area contributed by atoms with Crippen LogP contribution in [-0.2, 0) is 0 Å². The summed E-state index contributed by atoms with van der Waals surface area (Å²) in [6.45, 7) is 8.59. The summed E-state index contributed by atoms with van der Waals surface area (Å²) in [7, 11) is 2.18. The summed E-state index contributed by atoms with van der Waals surface area (Å²) in [6, 6.07) is 0. The molecule has 0 unspecified atom stereocenters. The molecule has 0 rings (SSSR count). The molecule has 2 heteroatoms. The lowest BCUT2D eigenvalue weighted by molar-refractivity contribution is 0.116. The van der Waals surface area contributed by atoms with Crippen LogP contribution in [0, 0.1) is 0 Å². The van der Waals surface area contributed by atoms with Gasteiger partial charge in [-0.25, -0.2) is 0 Å². The molecule has 0 bridgehead atoms. The van der Waals surface area contributed by atoms with Gasteiger partial charge in [0.1, 0.15) is 0 Å². The summed E-state index contributed by atoms with van der Waals surface area (Å²) >= 11 is 0. The largest absolute Gasteiger partial charge is 0.329 e. The molecule has 0 amide bonds. The highest BCUT2D eigenvalue weighted by molar-refractivity contribution is 4.87. The molecule has 0 aliphatic carbocycles. The maximum Gasteiger partial charge on any atom is 0.0323 e. The van der Waals surface area contributed by atoms with Gasteiger partial charge in [0.25, 0.3) is 0 Å². The Bertz CT molecular complexity index is 100. The van der Waals surface area contributed by atoms with Crippen molar-refractivity contribution in [1.29, 1.82) is 0 Å². The molecule has 0 radical (unpaired) electrons. The monoisotopic (exact) mass is 172 g/mol. The summed E-state index contributed by atoms with van der Waals surface area (Å²) in [4.78, 5) is 2.41. The van der Waals surface area contributed by atoms with Crippen molar-refractivity contribution >= 4 is 0 Å². The Labute approximate surface area is 77.1 Å². The second-order valence-electron chi connectivity index (χ2n) is 3.56. The molecule has 12 heavy (non-hydrogen) atoms. The second kappa shape index (κ2) is 5.55. The van der Waals surface area contributed by atoms with Crippen LogP contribution in [0.5, 0.6) is 0 Å². The predicted molar refractivity (Wildman–Crippen MR) is 55.3 cm³/mol. The number of nitrogens with two attached hydrogens (primary N) is 1. The molecule has 0 aliphatic heterocycles. The van der Waals surface area contributed by atoms with E-state index in [0.29, 0.717) is 0 Å². The molecular weight excluding hydrogens is 148 g/mol. The molecule has 0 heterocycles. The molecule has 0 atom stereocenters. The van der Waals surface area contributed by atoms with E-state index in [1.807, 2.05) is 0 Å². The van der Waals surface area contributed by atoms with Gasteiger partial charge in [-0.2, -0.15) is 0 Å². The average Bonchev–Trinajstić information content (AvgIpc) is 2.09. The highest BCUT2D eigenvalue weighted by Crippen LogP contribution is 2.21. The maximum absolute atomic E-state index is 5.82. The lowest BCUT2D eigenvalue weighted by atomic mass is 9.91. The molecule has 0 saturated carbocycles. The van der Waals surface area contributed by atoms with Crippen LogP contribution in [0.25, 0.3) is 0 Å². The van der Waals surface area contributed by atoms with E-state index in [1.165, 1.54) is 6.42 Å². The Kier molecular flexibility index (Phi) is 5.51. The van der Waals surface area contributed by atoms with Gasteiger partial charge < -0.3 is 5.73 Å². The topological polar surface area (TPSA) is 29.3 Å². The molecule has 2 nitrogen and oxygen atoms in total. The van der Waals surface area contributed by atoms with Gasteiger partial charge in [-0.3, -0.25) is 4.90 Å². The predicted octanol–water partition coefficient (Wildman–Crippen LogP) is 1.85. The highest BCUT2D eigenvalue weighted by atomic mass is 15.2. The lowest BCUT2D eigenvalue weighted by Crippen LogP contribution is -2.51. The van der Waals surface area contributed by atoms with Crippen molar-refractivity contribution in [1.82, 2.24) is 4.90 Å². The van der Waals surface area contributed by atoms with Gasteiger partial charge >= 0.3 is 0 Å².